The molecule has 0 heterocycles. The van der Waals surface area contributed by atoms with Crippen LogP contribution in [0.4, 0.5) is 5.69 Å². The molecule has 2 aromatic rings. The number of hydrogen-bond acceptors (Lipinski definition) is 4. The molecule has 0 aliphatic heterocycles. The largest absolute Gasteiger partial charge is 0.493 e. The highest BCUT2D eigenvalue weighted by atomic mass is 79.9. The third-order valence-corrected chi connectivity index (χ3v) is 6.42. The van der Waals surface area contributed by atoms with Gasteiger partial charge in [0, 0.05) is 16.2 Å². The highest BCUT2D eigenvalue weighted by molar-refractivity contribution is 9.10. The van der Waals surface area contributed by atoms with E-state index in [1.165, 1.54) is 12.1 Å². The van der Waals surface area contributed by atoms with E-state index in [4.69, 9.17) is 4.74 Å². The second kappa shape index (κ2) is 11.5. The minimum absolute atomic E-state index is 0.146. The van der Waals surface area contributed by atoms with Crippen LogP contribution in [0.15, 0.2) is 51.8 Å². The summed E-state index contributed by atoms with van der Waals surface area (Å²) in [6.07, 6.45) is 4.34. The van der Waals surface area contributed by atoms with E-state index < -0.39 is 10.0 Å². The molecular weight excluding hydrogens is 468 g/mol. The fourth-order valence-electron chi connectivity index (χ4n) is 2.81. The van der Waals surface area contributed by atoms with Crippen LogP contribution in [-0.2, 0) is 10.0 Å². The van der Waals surface area contributed by atoms with Gasteiger partial charge in [0.25, 0.3) is 5.91 Å². The monoisotopic (exact) mass is 496 g/mol. The van der Waals surface area contributed by atoms with Gasteiger partial charge in [-0.25, -0.2) is 13.1 Å². The van der Waals surface area contributed by atoms with E-state index in [-0.39, 0.29) is 16.8 Å². The molecule has 8 heteroatoms. The zero-order valence-electron chi connectivity index (χ0n) is 17.6. The van der Waals surface area contributed by atoms with Gasteiger partial charge in [-0.3, -0.25) is 4.79 Å². The average Bonchev–Trinajstić information content (AvgIpc) is 2.68. The number of carbonyl (C=O) groups is 1. The Morgan fingerprint density at radius 3 is 2.40 bits per heavy atom. The SMILES string of the molecule is CCCCCCOc1ccc(Br)cc1C(=O)Nc1ccc(S(=O)(=O)NC(C)C)cc1. The molecule has 0 saturated heterocycles. The quantitative estimate of drug-likeness (QED) is 0.410. The topological polar surface area (TPSA) is 84.5 Å². The van der Waals surface area contributed by atoms with Gasteiger partial charge < -0.3 is 10.1 Å². The molecule has 2 rings (SSSR count). The predicted molar refractivity (Wildman–Crippen MR) is 124 cm³/mol. The van der Waals surface area contributed by atoms with Crippen LogP contribution in [0, 0.1) is 0 Å². The molecule has 2 N–H and O–H groups in total. The van der Waals surface area contributed by atoms with Gasteiger partial charge in [-0.1, -0.05) is 42.1 Å². The first-order valence-corrected chi connectivity index (χ1v) is 12.4. The molecular formula is C22H29BrN2O4S. The molecule has 0 unspecified atom stereocenters. The van der Waals surface area contributed by atoms with Crippen molar-refractivity contribution in [3.8, 4) is 5.75 Å². The molecule has 0 aliphatic rings. The van der Waals surface area contributed by atoms with Crippen molar-refractivity contribution >= 4 is 37.5 Å². The highest BCUT2D eigenvalue weighted by Crippen LogP contribution is 2.25. The second-order valence-electron chi connectivity index (χ2n) is 7.30. The Hall–Kier alpha value is -1.90. The molecule has 0 atom stereocenters. The number of hydrogen-bond donors (Lipinski definition) is 2. The van der Waals surface area contributed by atoms with Crippen LogP contribution in [0.5, 0.6) is 5.75 Å². The summed E-state index contributed by atoms with van der Waals surface area (Å²) in [5.41, 5.74) is 0.912. The Kier molecular flexibility index (Phi) is 9.33. The van der Waals surface area contributed by atoms with E-state index in [9.17, 15) is 13.2 Å². The third-order valence-electron chi connectivity index (χ3n) is 4.26. The van der Waals surface area contributed by atoms with Crippen molar-refractivity contribution in [2.24, 2.45) is 0 Å². The normalized spacial score (nSPS) is 11.5. The van der Waals surface area contributed by atoms with E-state index in [1.807, 2.05) is 6.07 Å². The fourth-order valence-corrected chi connectivity index (χ4v) is 4.42. The van der Waals surface area contributed by atoms with Crippen LogP contribution < -0.4 is 14.8 Å². The Morgan fingerprint density at radius 2 is 1.77 bits per heavy atom. The number of anilines is 1. The maximum absolute atomic E-state index is 12.8. The standard InChI is InChI=1S/C22H29BrN2O4S/c1-4-5-6-7-14-29-21-13-8-17(23)15-20(21)22(26)24-18-9-11-19(12-10-18)30(27,28)25-16(2)3/h8-13,15-16,25H,4-7,14H2,1-3H3,(H,24,26). The van der Waals surface area contributed by atoms with Crippen LogP contribution >= 0.6 is 15.9 Å². The Bertz CT molecular complexity index is 944. The Balaban J connectivity index is 2.09. The molecule has 0 aromatic heterocycles. The van der Waals surface area contributed by atoms with E-state index in [0.29, 0.717) is 23.6 Å². The molecule has 2 aromatic carbocycles. The van der Waals surface area contributed by atoms with Crippen LogP contribution in [0.2, 0.25) is 0 Å². The zero-order chi connectivity index (χ0) is 22.1. The van der Waals surface area contributed by atoms with Crippen LogP contribution in [0.1, 0.15) is 56.8 Å². The fraction of sp³-hybridized carbons (Fsp3) is 0.409. The number of benzene rings is 2. The minimum atomic E-state index is -3.58. The summed E-state index contributed by atoms with van der Waals surface area (Å²) in [6.45, 7) is 6.22. The smallest absolute Gasteiger partial charge is 0.259 e. The number of halogens is 1. The maximum Gasteiger partial charge on any atom is 0.259 e. The lowest BCUT2D eigenvalue weighted by Gasteiger charge is -2.13. The van der Waals surface area contributed by atoms with Crippen molar-refractivity contribution < 1.29 is 17.9 Å². The predicted octanol–water partition coefficient (Wildman–Crippen LogP) is 5.35. The van der Waals surface area contributed by atoms with Gasteiger partial charge in [0.1, 0.15) is 5.75 Å². The number of nitrogens with one attached hydrogen (secondary N) is 2. The molecule has 1 amide bonds. The van der Waals surface area contributed by atoms with Gasteiger partial charge in [-0.2, -0.15) is 0 Å². The summed E-state index contributed by atoms with van der Waals surface area (Å²) in [5, 5.41) is 2.80. The molecule has 0 fully saturated rings. The van der Waals surface area contributed by atoms with Crippen LogP contribution in [0.25, 0.3) is 0 Å². The lowest BCUT2D eigenvalue weighted by atomic mass is 10.1. The Labute approximate surface area is 187 Å². The summed E-state index contributed by atoms with van der Waals surface area (Å²) in [4.78, 5) is 13.0. The maximum atomic E-state index is 12.8. The molecule has 6 nitrogen and oxygen atoms in total. The first-order valence-electron chi connectivity index (χ1n) is 10.1. The molecule has 0 spiro atoms. The van der Waals surface area contributed by atoms with Crippen molar-refractivity contribution in [1.29, 1.82) is 0 Å². The highest BCUT2D eigenvalue weighted by Gasteiger charge is 2.17. The van der Waals surface area contributed by atoms with E-state index >= 15 is 0 Å². The van der Waals surface area contributed by atoms with E-state index in [0.717, 1.165) is 30.2 Å². The van der Waals surface area contributed by atoms with Crippen molar-refractivity contribution in [3.05, 3.63) is 52.5 Å². The van der Waals surface area contributed by atoms with E-state index in [1.54, 1.807) is 38.1 Å². The number of ether oxygens (including phenoxy) is 1. The van der Waals surface area contributed by atoms with Gasteiger partial charge in [0.05, 0.1) is 17.1 Å². The van der Waals surface area contributed by atoms with Crippen molar-refractivity contribution in [2.45, 2.75) is 57.4 Å². The lowest BCUT2D eigenvalue weighted by Crippen LogP contribution is -2.30. The van der Waals surface area contributed by atoms with Crippen LogP contribution in [-0.4, -0.2) is 27.0 Å². The van der Waals surface area contributed by atoms with Crippen molar-refractivity contribution in [2.75, 3.05) is 11.9 Å². The summed E-state index contributed by atoms with van der Waals surface area (Å²) in [6, 6.07) is 11.2. The summed E-state index contributed by atoms with van der Waals surface area (Å²) < 4.78 is 33.6. The first-order chi connectivity index (χ1) is 14.2. The summed E-state index contributed by atoms with van der Waals surface area (Å²) >= 11 is 3.39. The molecule has 0 bridgehead atoms. The molecule has 0 aliphatic carbocycles. The van der Waals surface area contributed by atoms with Crippen molar-refractivity contribution in [3.63, 3.8) is 0 Å². The zero-order valence-corrected chi connectivity index (χ0v) is 20.0. The Morgan fingerprint density at radius 1 is 1.07 bits per heavy atom. The van der Waals surface area contributed by atoms with Gasteiger partial charge in [0.15, 0.2) is 0 Å². The lowest BCUT2D eigenvalue weighted by molar-refractivity contribution is 0.102. The minimum Gasteiger partial charge on any atom is -0.493 e. The molecule has 30 heavy (non-hydrogen) atoms. The van der Waals surface area contributed by atoms with Gasteiger partial charge in [-0.15, -0.1) is 0 Å². The average molecular weight is 497 g/mol. The molecule has 164 valence electrons. The van der Waals surface area contributed by atoms with Crippen molar-refractivity contribution in [1.82, 2.24) is 4.72 Å². The third kappa shape index (κ3) is 7.41. The number of carbonyl (C=O) groups excluding carboxylic acids is 1. The summed E-state index contributed by atoms with van der Waals surface area (Å²) in [7, 11) is -3.58. The number of rotatable bonds is 11. The van der Waals surface area contributed by atoms with Gasteiger partial charge in [0.2, 0.25) is 10.0 Å². The van der Waals surface area contributed by atoms with Gasteiger partial charge >= 0.3 is 0 Å². The van der Waals surface area contributed by atoms with Gasteiger partial charge in [-0.05, 0) is 62.7 Å². The first kappa shape index (κ1) is 24.4. The van der Waals surface area contributed by atoms with Crippen LogP contribution in [0.3, 0.4) is 0 Å². The second-order valence-corrected chi connectivity index (χ2v) is 9.93. The molecule has 0 radical (unpaired) electrons. The number of unbranched alkanes of at least 4 members (excludes halogenated alkanes) is 3. The number of sulfonamides is 1. The summed E-state index contributed by atoms with van der Waals surface area (Å²) in [5.74, 6) is 0.198. The number of amides is 1. The van der Waals surface area contributed by atoms with E-state index in [2.05, 4.69) is 32.9 Å². The molecule has 0 saturated carbocycles.